The smallest absolute Gasteiger partial charge is 0.338 e. The first kappa shape index (κ1) is 18.0. The fourth-order valence-electron chi connectivity index (χ4n) is 2.69. The van der Waals surface area contributed by atoms with Crippen LogP contribution in [0.5, 0.6) is 0 Å². The number of methoxy groups -OCH3 is 1. The molecule has 0 unspecified atom stereocenters. The van der Waals surface area contributed by atoms with Crippen LogP contribution in [-0.4, -0.2) is 38.1 Å². The Morgan fingerprint density at radius 2 is 1.88 bits per heavy atom. The number of hydrogen-bond acceptors (Lipinski definition) is 5. The maximum absolute atomic E-state index is 12.0. The number of amides is 1. The summed E-state index contributed by atoms with van der Waals surface area (Å²) in [5.74, 6) is -1.19. The Labute approximate surface area is 141 Å². The Morgan fingerprint density at radius 1 is 1.12 bits per heavy atom. The zero-order chi connectivity index (χ0) is 17.4. The van der Waals surface area contributed by atoms with E-state index in [4.69, 9.17) is 4.74 Å². The lowest BCUT2D eigenvalue weighted by molar-refractivity contribution is -0.140. The standard InChI is InChI=1S/C18H23NO5/c1-23-17(21)7-4-10-19-16(20)12-24-18(22)15-9-8-13-5-2-3-6-14(13)11-15/h8-9,11H,2-7,10,12H2,1H3,(H,19,20). The Balaban J connectivity index is 1.72. The van der Waals surface area contributed by atoms with Crippen LogP contribution in [0.15, 0.2) is 18.2 Å². The predicted molar refractivity (Wildman–Crippen MR) is 87.6 cm³/mol. The van der Waals surface area contributed by atoms with E-state index in [1.54, 1.807) is 6.07 Å². The number of esters is 2. The van der Waals surface area contributed by atoms with Gasteiger partial charge in [-0.25, -0.2) is 4.79 Å². The van der Waals surface area contributed by atoms with Crippen molar-refractivity contribution in [3.05, 3.63) is 34.9 Å². The van der Waals surface area contributed by atoms with Crippen molar-refractivity contribution >= 4 is 17.8 Å². The molecule has 0 radical (unpaired) electrons. The molecule has 1 aliphatic rings. The molecule has 0 spiro atoms. The van der Waals surface area contributed by atoms with Crippen LogP contribution in [0.2, 0.25) is 0 Å². The van der Waals surface area contributed by atoms with E-state index in [9.17, 15) is 14.4 Å². The van der Waals surface area contributed by atoms with Crippen molar-refractivity contribution < 1.29 is 23.9 Å². The van der Waals surface area contributed by atoms with E-state index in [1.165, 1.54) is 24.7 Å². The predicted octanol–water partition coefficient (Wildman–Crippen LogP) is 1.79. The van der Waals surface area contributed by atoms with E-state index in [-0.39, 0.29) is 24.9 Å². The number of benzene rings is 1. The molecule has 0 bridgehead atoms. The van der Waals surface area contributed by atoms with Gasteiger partial charge in [0.1, 0.15) is 0 Å². The highest BCUT2D eigenvalue weighted by Gasteiger charge is 2.14. The van der Waals surface area contributed by atoms with Crippen molar-refractivity contribution in [2.45, 2.75) is 38.5 Å². The zero-order valence-corrected chi connectivity index (χ0v) is 13.9. The minimum absolute atomic E-state index is 0.242. The van der Waals surface area contributed by atoms with Gasteiger partial charge in [0.05, 0.1) is 12.7 Å². The van der Waals surface area contributed by atoms with Gasteiger partial charge in [-0.15, -0.1) is 0 Å². The average molecular weight is 333 g/mol. The minimum atomic E-state index is -0.493. The van der Waals surface area contributed by atoms with Crippen LogP contribution < -0.4 is 5.32 Å². The Bertz CT molecular complexity index is 611. The topological polar surface area (TPSA) is 81.7 Å². The minimum Gasteiger partial charge on any atom is -0.469 e. The Morgan fingerprint density at radius 3 is 2.62 bits per heavy atom. The molecule has 0 heterocycles. The molecule has 0 saturated carbocycles. The Hall–Kier alpha value is -2.37. The van der Waals surface area contributed by atoms with Crippen molar-refractivity contribution in [2.75, 3.05) is 20.3 Å². The SMILES string of the molecule is COC(=O)CCCNC(=O)COC(=O)c1ccc2c(c1)CCCC2. The molecule has 0 atom stereocenters. The van der Waals surface area contributed by atoms with E-state index in [0.717, 1.165) is 19.3 Å². The molecule has 130 valence electrons. The molecular formula is C18H23NO5. The monoisotopic (exact) mass is 333 g/mol. The van der Waals surface area contributed by atoms with Gasteiger partial charge >= 0.3 is 11.9 Å². The van der Waals surface area contributed by atoms with Gasteiger partial charge in [0.15, 0.2) is 6.61 Å². The van der Waals surface area contributed by atoms with Crippen molar-refractivity contribution in [2.24, 2.45) is 0 Å². The molecule has 0 aromatic heterocycles. The van der Waals surface area contributed by atoms with Gasteiger partial charge in [0.25, 0.3) is 5.91 Å². The largest absolute Gasteiger partial charge is 0.469 e. The fraction of sp³-hybridized carbons (Fsp3) is 0.500. The van der Waals surface area contributed by atoms with Gasteiger partial charge in [-0.1, -0.05) is 6.07 Å². The molecule has 0 fully saturated rings. The normalized spacial score (nSPS) is 12.9. The molecule has 1 aromatic rings. The second kappa shape index (κ2) is 9.05. The van der Waals surface area contributed by atoms with Crippen molar-refractivity contribution in [3.8, 4) is 0 Å². The number of aryl methyl sites for hydroxylation is 2. The first-order chi connectivity index (χ1) is 11.6. The molecule has 24 heavy (non-hydrogen) atoms. The number of hydrogen-bond donors (Lipinski definition) is 1. The lowest BCUT2D eigenvalue weighted by Gasteiger charge is -2.16. The molecule has 2 rings (SSSR count). The van der Waals surface area contributed by atoms with E-state index in [0.29, 0.717) is 18.5 Å². The first-order valence-electron chi connectivity index (χ1n) is 8.22. The molecule has 6 nitrogen and oxygen atoms in total. The van der Waals surface area contributed by atoms with E-state index < -0.39 is 5.97 Å². The second-order valence-corrected chi connectivity index (χ2v) is 5.80. The molecule has 0 saturated heterocycles. The first-order valence-corrected chi connectivity index (χ1v) is 8.22. The van der Waals surface area contributed by atoms with Gasteiger partial charge in [0.2, 0.25) is 0 Å². The van der Waals surface area contributed by atoms with E-state index >= 15 is 0 Å². The van der Waals surface area contributed by atoms with Gasteiger partial charge in [0, 0.05) is 13.0 Å². The lowest BCUT2D eigenvalue weighted by Crippen LogP contribution is -2.30. The molecule has 1 aliphatic carbocycles. The highest BCUT2D eigenvalue weighted by molar-refractivity contribution is 5.91. The molecule has 6 heteroatoms. The van der Waals surface area contributed by atoms with Gasteiger partial charge in [-0.2, -0.15) is 0 Å². The fourth-order valence-corrected chi connectivity index (χ4v) is 2.69. The van der Waals surface area contributed by atoms with Crippen LogP contribution in [0.25, 0.3) is 0 Å². The van der Waals surface area contributed by atoms with Crippen LogP contribution in [0.3, 0.4) is 0 Å². The third-order valence-corrected chi connectivity index (χ3v) is 4.03. The number of rotatable bonds is 7. The summed E-state index contributed by atoms with van der Waals surface area (Å²) >= 11 is 0. The quantitative estimate of drug-likeness (QED) is 0.608. The molecule has 1 aromatic carbocycles. The van der Waals surface area contributed by atoms with Crippen molar-refractivity contribution in [1.82, 2.24) is 5.32 Å². The summed E-state index contributed by atoms with van der Waals surface area (Å²) in [7, 11) is 1.32. The molecule has 0 aliphatic heterocycles. The Kier molecular flexibility index (Phi) is 6.78. The molecular weight excluding hydrogens is 310 g/mol. The van der Waals surface area contributed by atoms with E-state index in [1.807, 2.05) is 12.1 Å². The summed E-state index contributed by atoms with van der Waals surface area (Å²) in [6.07, 6.45) is 5.09. The van der Waals surface area contributed by atoms with Gasteiger partial charge < -0.3 is 14.8 Å². The maximum Gasteiger partial charge on any atom is 0.338 e. The van der Waals surface area contributed by atoms with Crippen molar-refractivity contribution in [1.29, 1.82) is 0 Å². The second-order valence-electron chi connectivity index (χ2n) is 5.80. The summed E-state index contributed by atoms with van der Waals surface area (Å²) in [5, 5.41) is 2.59. The number of nitrogens with one attached hydrogen (secondary N) is 1. The highest BCUT2D eigenvalue weighted by Crippen LogP contribution is 2.22. The number of fused-ring (bicyclic) bond motifs is 1. The number of carbonyl (C=O) groups is 3. The van der Waals surface area contributed by atoms with E-state index in [2.05, 4.69) is 10.1 Å². The summed E-state index contributed by atoms with van der Waals surface area (Å²) in [4.78, 5) is 34.6. The summed E-state index contributed by atoms with van der Waals surface area (Å²) < 4.78 is 9.54. The van der Waals surface area contributed by atoms with Crippen LogP contribution in [0.1, 0.15) is 47.2 Å². The van der Waals surface area contributed by atoms with Crippen LogP contribution in [-0.2, 0) is 31.9 Å². The maximum atomic E-state index is 12.0. The zero-order valence-electron chi connectivity index (χ0n) is 13.9. The summed E-state index contributed by atoms with van der Waals surface area (Å²) in [6.45, 7) is 0.0124. The molecule has 1 amide bonds. The number of carbonyl (C=O) groups excluding carboxylic acids is 3. The highest BCUT2D eigenvalue weighted by atomic mass is 16.5. The average Bonchev–Trinajstić information content (AvgIpc) is 2.62. The summed E-state index contributed by atoms with van der Waals surface area (Å²) in [5.41, 5.74) is 2.97. The van der Waals surface area contributed by atoms with Gasteiger partial charge in [-0.3, -0.25) is 9.59 Å². The van der Waals surface area contributed by atoms with Crippen LogP contribution in [0, 0.1) is 0 Å². The van der Waals surface area contributed by atoms with Gasteiger partial charge in [-0.05, 0) is 55.4 Å². The van der Waals surface area contributed by atoms with Crippen LogP contribution in [0.4, 0.5) is 0 Å². The number of ether oxygens (including phenoxy) is 2. The van der Waals surface area contributed by atoms with Crippen molar-refractivity contribution in [3.63, 3.8) is 0 Å². The third-order valence-electron chi connectivity index (χ3n) is 4.03. The van der Waals surface area contributed by atoms with Crippen LogP contribution >= 0.6 is 0 Å². The molecule has 1 N–H and O–H groups in total. The lowest BCUT2D eigenvalue weighted by atomic mass is 9.90. The summed E-state index contributed by atoms with van der Waals surface area (Å²) in [6, 6.07) is 5.59. The third kappa shape index (κ3) is 5.37.